The molecule has 4 heteroatoms. The SMILES string of the molecule is C=C1CC[C@@H](O)C/C1=C\C=C1/CCC[C@]2(C)[C@@H]([C@H](C)C[C@@H]3C[C@@](C)(O)[C@H](O)O3)CC[C@@H]12. The molecule has 0 unspecified atom stereocenters. The van der Waals surface area contributed by atoms with E-state index in [2.05, 4.69) is 32.6 Å². The van der Waals surface area contributed by atoms with E-state index in [1.807, 2.05) is 0 Å². The second-order valence-corrected chi connectivity index (χ2v) is 11.4. The summed E-state index contributed by atoms with van der Waals surface area (Å²) in [5.41, 5.74) is 3.18. The van der Waals surface area contributed by atoms with Gasteiger partial charge >= 0.3 is 0 Å². The van der Waals surface area contributed by atoms with Gasteiger partial charge in [-0.1, -0.05) is 43.7 Å². The lowest BCUT2D eigenvalue weighted by Crippen LogP contribution is -2.36. The number of hydrogen-bond acceptors (Lipinski definition) is 4. The smallest absolute Gasteiger partial charge is 0.183 e. The van der Waals surface area contributed by atoms with Crippen LogP contribution in [0.15, 0.2) is 35.5 Å². The minimum Gasteiger partial charge on any atom is -0.393 e. The number of hydrogen-bond donors (Lipinski definition) is 3. The van der Waals surface area contributed by atoms with Crippen LogP contribution in [-0.2, 0) is 4.74 Å². The second-order valence-electron chi connectivity index (χ2n) is 11.4. The molecule has 3 N–H and O–H groups in total. The molecular weight excluding hydrogens is 388 g/mol. The fourth-order valence-electron chi connectivity index (χ4n) is 7.27. The highest BCUT2D eigenvalue weighted by Gasteiger charge is 2.52. The van der Waals surface area contributed by atoms with Crippen LogP contribution in [0, 0.1) is 23.2 Å². The molecule has 4 nitrogen and oxygen atoms in total. The maximum absolute atomic E-state index is 10.3. The fourth-order valence-corrected chi connectivity index (χ4v) is 7.27. The van der Waals surface area contributed by atoms with Crippen molar-refractivity contribution in [1.29, 1.82) is 0 Å². The average molecular weight is 431 g/mol. The lowest BCUT2D eigenvalue weighted by molar-refractivity contribution is -0.163. The van der Waals surface area contributed by atoms with E-state index in [1.54, 1.807) is 12.5 Å². The zero-order valence-electron chi connectivity index (χ0n) is 19.6. The van der Waals surface area contributed by atoms with Crippen molar-refractivity contribution in [2.75, 3.05) is 0 Å². The first kappa shape index (κ1) is 23.2. The van der Waals surface area contributed by atoms with Crippen molar-refractivity contribution in [3.63, 3.8) is 0 Å². The third-order valence-corrected chi connectivity index (χ3v) is 9.04. The van der Waals surface area contributed by atoms with Crippen molar-refractivity contribution in [2.24, 2.45) is 23.2 Å². The molecule has 0 spiro atoms. The number of ether oxygens (including phenoxy) is 1. The van der Waals surface area contributed by atoms with Crippen molar-refractivity contribution in [3.05, 3.63) is 35.5 Å². The molecule has 0 aromatic rings. The van der Waals surface area contributed by atoms with Gasteiger partial charge in [-0.3, -0.25) is 0 Å². The summed E-state index contributed by atoms with van der Waals surface area (Å²) in [6.07, 6.45) is 13.3. The van der Waals surface area contributed by atoms with Crippen LogP contribution in [-0.4, -0.2) is 39.4 Å². The van der Waals surface area contributed by atoms with Crippen LogP contribution in [0.25, 0.3) is 0 Å². The molecule has 1 aliphatic heterocycles. The van der Waals surface area contributed by atoms with Crippen molar-refractivity contribution in [3.8, 4) is 0 Å². The van der Waals surface area contributed by atoms with Gasteiger partial charge in [-0.25, -0.2) is 0 Å². The van der Waals surface area contributed by atoms with E-state index in [0.29, 0.717) is 29.6 Å². The first-order valence-electron chi connectivity index (χ1n) is 12.4. The molecule has 0 aromatic carbocycles. The van der Waals surface area contributed by atoms with Crippen molar-refractivity contribution in [2.45, 2.75) is 109 Å². The van der Waals surface area contributed by atoms with Gasteiger partial charge in [0.1, 0.15) is 5.60 Å². The van der Waals surface area contributed by atoms with Crippen LogP contribution >= 0.6 is 0 Å². The summed E-state index contributed by atoms with van der Waals surface area (Å²) in [5.74, 6) is 1.78. The summed E-state index contributed by atoms with van der Waals surface area (Å²) in [7, 11) is 0. The van der Waals surface area contributed by atoms with Crippen LogP contribution < -0.4 is 0 Å². The summed E-state index contributed by atoms with van der Waals surface area (Å²) in [6, 6.07) is 0. The highest BCUT2D eigenvalue weighted by molar-refractivity contribution is 5.36. The van der Waals surface area contributed by atoms with Gasteiger partial charge < -0.3 is 20.1 Å². The van der Waals surface area contributed by atoms with Gasteiger partial charge in [0, 0.05) is 6.42 Å². The molecule has 1 saturated heterocycles. The van der Waals surface area contributed by atoms with E-state index in [9.17, 15) is 15.3 Å². The molecule has 31 heavy (non-hydrogen) atoms. The van der Waals surface area contributed by atoms with Crippen LogP contribution in [0.5, 0.6) is 0 Å². The standard InChI is InChI=1S/C27H42O4/c1-17-7-10-21(28)15-20(17)9-8-19-6-5-13-26(3)23(11-12-24(19)26)18(2)14-22-16-27(4,30)25(29)31-22/h8-9,18,21-25,28-30H,1,5-7,10-16H2,2-4H3/b19-8+,20-9+/t18-,21-,22-,23-,24+,25-,26-,27-/m1/s1. The molecule has 1 heterocycles. The third-order valence-electron chi connectivity index (χ3n) is 9.04. The Bertz CT molecular complexity index is 750. The van der Waals surface area contributed by atoms with Gasteiger partial charge in [-0.05, 0) is 93.5 Å². The lowest BCUT2D eigenvalue weighted by Gasteiger charge is -2.44. The van der Waals surface area contributed by atoms with Crippen molar-refractivity contribution in [1.82, 2.24) is 0 Å². The van der Waals surface area contributed by atoms with E-state index in [4.69, 9.17) is 4.74 Å². The van der Waals surface area contributed by atoms with E-state index in [0.717, 1.165) is 25.7 Å². The minimum atomic E-state index is -1.13. The summed E-state index contributed by atoms with van der Waals surface area (Å²) in [4.78, 5) is 0. The Morgan fingerprint density at radius 2 is 1.94 bits per heavy atom. The maximum atomic E-state index is 10.3. The second kappa shape index (κ2) is 8.78. The number of rotatable bonds is 4. The van der Waals surface area contributed by atoms with Gasteiger partial charge in [0.25, 0.3) is 0 Å². The molecule has 0 bridgehead atoms. The Hall–Kier alpha value is -0.940. The van der Waals surface area contributed by atoms with Crippen LogP contribution in [0.2, 0.25) is 0 Å². The van der Waals surface area contributed by atoms with E-state index in [-0.39, 0.29) is 12.2 Å². The zero-order valence-corrected chi connectivity index (χ0v) is 19.6. The third kappa shape index (κ3) is 4.59. The summed E-state index contributed by atoms with van der Waals surface area (Å²) >= 11 is 0. The molecule has 4 aliphatic rings. The molecule has 4 fully saturated rings. The molecule has 174 valence electrons. The predicted molar refractivity (Wildman–Crippen MR) is 123 cm³/mol. The normalized spacial score (nSPS) is 47.2. The Balaban J connectivity index is 1.46. The Kier molecular flexibility index (Phi) is 6.58. The number of allylic oxidation sites excluding steroid dienone is 4. The maximum Gasteiger partial charge on any atom is 0.183 e. The van der Waals surface area contributed by atoms with E-state index in [1.165, 1.54) is 43.3 Å². The zero-order chi connectivity index (χ0) is 22.4. The Labute approximate surface area is 188 Å². The van der Waals surface area contributed by atoms with Gasteiger partial charge in [-0.15, -0.1) is 0 Å². The van der Waals surface area contributed by atoms with Crippen LogP contribution in [0.4, 0.5) is 0 Å². The average Bonchev–Trinajstić information content (AvgIpc) is 3.17. The number of aliphatic hydroxyl groups excluding tert-OH is 2. The summed E-state index contributed by atoms with van der Waals surface area (Å²) in [5, 5.41) is 30.3. The molecular formula is C27H42O4. The molecule has 8 atom stereocenters. The molecule has 0 radical (unpaired) electrons. The monoisotopic (exact) mass is 430 g/mol. The van der Waals surface area contributed by atoms with Crippen LogP contribution in [0.1, 0.15) is 85.0 Å². The van der Waals surface area contributed by atoms with Gasteiger partial charge in [0.2, 0.25) is 0 Å². The quantitative estimate of drug-likeness (QED) is 0.584. The highest BCUT2D eigenvalue weighted by atomic mass is 16.6. The molecule has 0 amide bonds. The number of fused-ring (bicyclic) bond motifs is 1. The largest absolute Gasteiger partial charge is 0.393 e. The van der Waals surface area contributed by atoms with E-state index < -0.39 is 11.9 Å². The minimum absolute atomic E-state index is 0.0604. The number of aliphatic hydroxyl groups is 3. The molecule has 3 saturated carbocycles. The van der Waals surface area contributed by atoms with Gasteiger partial charge in [0.15, 0.2) is 6.29 Å². The highest BCUT2D eigenvalue weighted by Crippen LogP contribution is 2.60. The van der Waals surface area contributed by atoms with Gasteiger partial charge in [-0.2, -0.15) is 0 Å². The first-order valence-corrected chi connectivity index (χ1v) is 12.4. The summed E-state index contributed by atoms with van der Waals surface area (Å²) in [6.45, 7) is 10.7. The Morgan fingerprint density at radius 1 is 1.16 bits per heavy atom. The van der Waals surface area contributed by atoms with Crippen molar-refractivity contribution < 1.29 is 20.1 Å². The Morgan fingerprint density at radius 3 is 2.65 bits per heavy atom. The van der Waals surface area contributed by atoms with Crippen LogP contribution in [0.3, 0.4) is 0 Å². The molecule has 4 rings (SSSR count). The molecule has 3 aliphatic carbocycles. The topological polar surface area (TPSA) is 69.9 Å². The lowest BCUT2D eigenvalue weighted by atomic mass is 9.60. The summed E-state index contributed by atoms with van der Waals surface area (Å²) < 4.78 is 5.68. The van der Waals surface area contributed by atoms with Gasteiger partial charge in [0.05, 0.1) is 12.2 Å². The predicted octanol–water partition coefficient (Wildman–Crippen LogP) is 5.04. The fraction of sp³-hybridized carbons (Fsp3) is 0.778. The van der Waals surface area contributed by atoms with Crippen molar-refractivity contribution >= 4 is 0 Å². The first-order chi connectivity index (χ1) is 14.6. The molecule has 0 aromatic heterocycles. The van der Waals surface area contributed by atoms with E-state index >= 15 is 0 Å².